The van der Waals surface area contributed by atoms with Gasteiger partial charge in [-0.15, -0.1) is 4.68 Å². The number of amides is 1. The molecule has 0 radical (unpaired) electrons. The van der Waals surface area contributed by atoms with Gasteiger partial charge in [-0.1, -0.05) is 18.9 Å². The summed E-state index contributed by atoms with van der Waals surface area (Å²) in [5.74, 6) is -4.40. The molecule has 1 aliphatic rings. The zero-order valence-corrected chi connectivity index (χ0v) is 16.4. The number of carboxylic acid groups (broad SMARTS) is 1. The molecule has 4 rings (SSSR count). The minimum atomic E-state index is -1.33. The summed E-state index contributed by atoms with van der Waals surface area (Å²) in [6.07, 6.45) is 2.42. The van der Waals surface area contributed by atoms with E-state index < -0.39 is 46.9 Å². The normalized spacial score (nSPS) is 14.0. The molecule has 1 N–H and O–H groups in total. The van der Waals surface area contributed by atoms with E-state index in [9.17, 15) is 32.7 Å². The lowest BCUT2D eigenvalue weighted by molar-refractivity contribution is 0.0696. The molecule has 32 heavy (non-hydrogen) atoms. The summed E-state index contributed by atoms with van der Waals surface area (Å²) in [6.45, 7) is 0. The van der Waals surface area contributed by atoms with E-state index >= 15 is 0 Å². The van der Waals surface area contributed by atoms with Gasteiger partial charge in [0.1, 0.15) is 11.5 Å². The second-order valence-electron chi connectivity index (χ2n) is 7.22. The van der Waals surface area contributed by atoms with Crippen molar-refractivity contribution in [3.05, 3.63) is 69.9 Å². The molecule has 1 saturated carbocycles. The average Bonchev–Trinajstić information content (AvgIpc) is 3.40. The standard InChI is InChI=1S/C20H16F3N5O4/c21-13-9-8-11(18(29)30)10-16(13)26(12-4-1-2-5-12)19(31)28-20(32)27(24-25-28)17-14(22)6-3-7-15(17)23/h3,6-10,12H,1-2,4-5H2,(H,29,30). The van der Waals surface area contributed by atoms with Crippen molar-refractivity contribution in [2.24, 2.45) is 0 Å². The van der Waals surface area contributed by atoms with Crippen molar-refractivity contribution in [3.63, 3.8) is 0 Å². The third kappa shape index (κ3) is 3.63. The maximum atomic E-state index is 14.7. The third-order valence-corrected chi connectivity index (χ3v) is 5.26. The molecule has 9 nitrogen and oxygen atoms in total. The van der Waals surface area contributed by atoms with Gasteiger partial charge in [0.2, 0.25) is 0 Å². The van der Waals surface area contributed by atoms with Gasteiger partial charge >= 0.3 is 17.7 Å². The first-order chi connectivity index (χ1) is 15.3. The molecule has 3 aromatic rings. The van der Waals surface area contributed by atoms with Crippen molar-refractivity contribution in [1.82, 2.24) is 19.8 Å². The topological polar surface area (TPSA) is 110 Å². The monoisotopic (exact) mass is 447 g/mol. The molecule has 0 spiro atoms. The second-order valence-corrected chi connectivity index (χ2v) is 7.22. The Kier molecular flexibility index (Phi) is 5.51. The quantitative estimate of drug-likeness (QED) is 0.616. The van der Waals surface area contributed by atoms with Crippen LogP contribution >= 0.6 is 0 Å². The van der Waals surface area contributed by atoms with Crippen LogP contribution in [0.25, 0.3) is 5.69 Å². The minimum absolute atomic E-state index is 0.261. The first-order valence-electron chi connectivity index (χ1n) is 9.65. The molecule has 0 atom stereocenters. The predicted octanol–water partition coefficient (Wildman–Crippen LogP) is 2.96. The summed E-state index contributed by atoms with van der Waals surface area (Å²) >= 11 is 0. The summed E-state index contributed by atoms with van der Waals surface area (Å²) < 4.78 is 43.4. The number of para-hydroxylation sites is 1. The van der Waals surface area contributed by atoms with Crippen LogP contribution in [0.3, 0.4) is 0 Å². The zero-order chi connectivity index (χ0) is 23.0. The van der Waals surface area contributed by atoms with Crippen LogP contribution in [0.1, 0.15) is 36.0 Å². The maximum absolute atomic E-state index is 14.7. The van der Waals surface area contributed by atoms with Crippen LogP contribution in [0.2, 0.25) is 0 Å². The molecule has 0 saturated heterocycles. The van der Waals surface area contributed by atoms with Gasteiger partial charge in [0, 0.05) is 6.04 Å². The fraction of sp³-hybridized carbons (Fsp3) is 0.250. The minimum Gasteiger partial charge on any atom is -0.478 e. The number of benzene rings is 2. The number of nitrogens with zero attached hydrogens (tertiary/aromatic N) is 5. The van der Waals surface area contributed by atoms with Crippen LogP contribution in [-0.2, 0) is 0 Å². The molecule has 1 fully saturated rings. The Hall–Kier alpha value is -3.96. The molecule has 12 heteroatoms. The van der Waals surface area contributed by atoms with E-state index in [-0.39, 0.29) is 15.9 Å². The van der Waals surface area contributed by atoms with Crippen molar-refractivity contribution in [3.8, 4) is 5.69 Å². The number of hydrogen-bond acceptors (Lipinski definition) is 5. The second kappa shape index (κ2) is 8.29. The highest BCUT2D eigenvalue weighted by Gasteiger charge is 2.34. The largest absolute Gasteiger partial charge is 0.478 e. The SMILES string of the molecule is O=C(O)c1ccc(F)c(N(C(=O)n2nnn(-c3c(F)cccc3F)c2=O)C2CCCC2)c1. The Balaban J connectivity index is 1.82. The van der Waals surface area contributed by atoms with E-state index in [0.29, 0.717) is 17.5 Å². The first kappa shape index (κ1) is 21.3. The van der Waals surface area contributed by atoms with Crippen LogP contribution < -0.4 is 10.6 Å². The number of hydrogen-bond donors (Lipinski definition) is 1. The zero-order valence-electron chi connectivity index (χ0n) is 16.4. The smallest absolute Gasteiger partial charge is 0.377 e. The van der Waals surface area contributed by atoms with E-state index in [0.717, 1.165) is 54.1 Å². The van der Waals surface area contributed by atoms with Gasteiger partial charge in [0.05, 0.1) is 11.3 Å². The summed E-state index contributed by atoms with van der Waals surface area (Å²) in [7, 11) is 0. The van der Waals surface area contributed by atoms with E-state index in [4.69, 9.17) is 0 Å². The van der Waals surface area contributed by atoms with Crippen LogP contribution in [0.15, 0.2) is 41.2 Å². The summed E-state index contributed by atoms with van der Waals surface area (Å²) in [4.78, 5) is 38.3. The fourth-order valence-electron chi connectivity index (χ4n) is 3.75. The van der Waals surface area contributed by atoms with Crippen molar-refractivity contribution < 1.29 is 27.9 Å². The molecule has 0 aliphatic heterocycles. The number of carbonyl (C=O) groups excluding carboxylic acids is 1. The average molecular weight is 447 g/mol. The van der Waals surface area contributed by atoms with E-state index in [1.54, 1.807) is 0 Å². The Bertz CT molecular complexity index is 1250. The number of halogens is 3. The number of carboxylic acids is 1. The van der Waals surface area contributed by atoms with Gasteiger partial charge in [-0.25, -0.2) is 27.6 Å². The fourth-order valence-corrected chi connectivity index (χ4v) is 3.75. The molecule has 0 bridgehead atoms. The number of aromatic nitrogens is 4. The molecule has 2 aromatic carbocycles. The van der Waals surface area contributed by atoms with Gasteiger partial charge < -0.3 is 5.11 Å². The number of anilines is 1. The molecule has 1 aromatic heterocycles. The summed E-state index contributed by atoms with van der Waals surface area (Å²) in [5.41, 5.74) is -2.69. The number of carbonyl (C=O) groups is 2. The molecule has 1 amide bonds. The van der Waals surface area contributed by atoms with Crippen LogP contribution in [0.4, 0.5) is 23.7 Å². The van der Waals surface area contributed by atoms with Crippen LogP contribution in [-0.4, -0.2) is 42.9 Å². The van der Waals surface area contributed by atoms with Crippen LogP contribution in [0, 0.1) is 17.5 Å². The number of tetrazole rings is 1. The van der Waals surface area contributed by atoms with Crippen molar-refractivity contribution >= 4 is 17.7 Å². The van der Waals surface area contributed by atoms with Gasteiger partial charge in [0.25, 0.3) is 0 Å². The maximum Gasteiger partial charge on any atom is 0.377 e. The number of rotatable bonds is 4. The highest BCUT2D eigenvalue weighted by molar-refractivity contribution is 5.96. The number of aromatic carboxylic acids is 1. The van der Waals surface area contributed by atoms with Gasteiger partial charge in [-0.05, 0) is 53.6 Å². The lowest BCUT2D eigenvalue weighted by Crippen LogP contribution is -2.46. The van der Waals surface area contributed by atoms with Gasteiger partial charge in [-0.3, -0.25) is 4.90 Å². The van der Waals surface area contributed by atoms with E-state index in [2.05, 4.69) is 10.4 Å². The predicted molar refractivity (Wildman–Crippen MR) is 104 cm³/mol. The van der Waals surface area contributed by atoms with Crippen molar-refractivity contribution in [2.75, 3.05) is 4.90 Å². The Morgan fingerprint density at radius 1 is 1.00 bits per heavy atom. The highest BCUT2D eigenvalue weighted by atomic mass is 19.1. The summed E-state index contributed by atoms with van der Waals surface area (Å²) in [6, 6.07) is 4.18. The van der Waals surface area contributed by atoms with E-state index in [1.165, 1.54) is 0 Å². The van der Waals surface area contributed by atoms with Crippen molar-refractivity contribution in [1.29, 1.82) is 0 Å². The third-order valence-electron chi connectivity index (χ3n) is 5.26. The Labute approximate surface area is 178 Å². The van der Waals surface area contributed by atoms with Gasteiger partial charge in [-0.2, -0.15) is 4.68 Å². The molecule has 1 heterocycles. The van der Waals surface area contributed by atoms with Crippen molar-refractivity contribution in [2.45, 2.75) is 31.7 Å². The molecular weight excluding hydrogens is 431 g/mol. The lowest BCUT2D eigenvalue weighted by Gasteiger charge is -2.28. The highest BCUT2D eigenvalue weighted by Crippen LogP contribution is 2.31. The lowest BCUT2D eigenvalue weighted by atomic mass is 10.1. The first-order valence-corrected chi connectivity index (χ1v) is 9.65. The van der Waals surface area contributed by atoms with E-state index in [1.807, 2.05) is 0 Å². The van der Waals surface area contributed by atoms with Gasteiger partial charge in [0.15, 0.2) is 11.6 Å². The Morgan fingerprint density at radius 3 is 2.28 bits per heavy atom. The van der Waals surface area contributed by atoms with Crippen LogP contribution in [0.5, 0.6) is 0 Å². The molecule has 166 valence electrons. The summed E-state index contributed by atoms with van der Waals surface area (Å²) in [5, 5.41) is 16.1. The Morgan fingerprint density at radius 2 is 1.66 bits per heavy atom. The molecule has 0 unspecified atom stereocenters. The molecule has 1 aliphatic carbocycles. The molecular formula is C20H16F3N5O4.